The standard InChI is InChI=1S/C13H8Cl2F3N5O/c14-7-2-1-6(13(16,17)18)3-5(7)4-23-10-8(20-12(23)24)9(15)21-11(19)22-10/h1-3H,4H2,(H,20,24)(H2,19,21,22). The van der Waals surface area contributed by atoms with Gasteiger partial charge in [0.05, 0.1) is 12.1 Å². The number of hydrogen-bond acceptors (Lipinski definition) is 4. The van der Waals surface area contributed by atoms with Crippen molar-refractivity contribution in [3.8, 4) is 0 Å². The third-order valence-corrected chi connectivity index (χ3v) is 3.94. The lowest BCUT2D eigenvalue weighted by Crippen LogP contribution is -2.18. The summed E-state index contributed by atoms with van der Waals surface area (Å²) in [6, 6.07) is 2.86. The molecule has 6 nitrogen and oxygen atoms in total. The summed E-state index contributed by atoms with van der Waals surface area (Å²) < 4.78 is 39.6. The van der Waals surface area contributed by atoms with E-state index >= 15 is 0 Å². The summed E-state index contributed by atoms with van der Waals surface area (Å²) in [6.07, 6.45) is -4.53. The van der Waals surface area contributed by atoms with E-state index in [0.717, 1.165) is 22.8 Å². The van der Waals surface area contributed by atoms with Gasteiger partial charge in [-0.15, -0.1) is 0 Å². The predicted molar refractivity (Wildman–Crippen MR) is 83.1 cm³/mol. The molecule has 2 aromatic heterocycles. The number of H-pyrrole nitrogens is 1. The second kappa shape index (κ2) is 5.67. The van der Waals surface area contributed by atoms with Gasteiger partial charge in [0, 0.05) is 5.02 Å². The minimum Gasteiger partial charge on any atom is -0.368 e. The van der Waals surface area contributed by atoms with Gasteiger partial charge in [-0.25, -0.2) is 4.79 Å². The molecular formula is C13H8Cl2F3N5O. The number of aromatic amines is 1. The topological polar surface area (TPSA) is 89.6 Å². The molecule has 1 aromatic carbocycles. The maximum Gasteiger partial charge on any atom is 0.416 e. The second-order valence-electron chi connectivity index (χ2n) is 4.89. The lowest BCUT2D eigenvalue weighted by atomic mass is 10.1. The second-order valence-corrected chi connectivity index (χ2v) is 5.66. The summed E-state index contributed by atoms with van der Waals surface area (Å²) in [4.78, 5) is 22.1. The van der Waals surface area contributed by atoms with E-state index in [1.807, 2.05) is 0 Å². The van der Waals surface area contributed by atoms with Gasteiger partial charge in [0.15, 0.2) is 10.8 Å². The molecule has 24 heavy (non-hydrogen) atoms. The van der Waals surface area contributed by atoms with E-state index in [2.05, 4.69) is 15.0 Å². The lowest BCUT2D eigenvalue weighted by Gasteiger charge is -2.11. The van der Waals surface area contributed by atoms with Crippen molar-refractivity contribution in [1.82, 2.24) is 19.5 Å². The molecule has 0 atom stereocenters. The number of alkyl halides is 3. The zero-order valence-corrected chi connectivity index (χ0v) is 13.2. The van der Waals surface area contributed by atoms with Crippen molar-refractivity contribution in [3.63, 3.8) is 0 Å². The molecule has 11 heteroatoms. The molecule has 2 heterocycles. The van der Waals surface area contributed by atoms with Gasteiger partial charge in [-0.1, -0.05) is 23.2 Å². The largest absolute Gasteiger partial charge is 0.416 e. The molecule has 0 bridgehead atoms. The van der Waals surface area contributed by atoms with Gasteiger partial charge in [-0.3, -0.25) is 4.57 Å². The number of hydrogen-bond donors (Lipinski definition) is 2. The molecule has 0 spiro atoms. The number of imidazole rings is 1. The highest BCUT2D eigenvalue weighted by atomic mass is 35.5. The highest BCUT2D eigenvalue weighted by Gasteiger charge is 2.31. The molecule has 0 aliphatic heterocycles. The van der Waals surface area contributed by atoms with Crippen LogP contribution in [0.25, 0.3) is 11.2 Å². The Balaban J connectivity index is 2.14. The van der Waals surface area contributed by atoms with E-state index in [4.69, 9.17) is 28.9 Å². The van der Waals surface area contributed by atoms with E-state index in [9.17, 15) is 18.0 Å². The van der Waals surface area contributed by atoms with Crippen molar-refractivity contribution < 1.29 is 13.2 Å². The lowest BCUT2D eigenvalue weighted by molar-refractivity contribution is -0.137. The number of nitrogens with zero attached hydrogens (tertiary/aromatic N) is 3. The van der Waals surface area contributed by atoms with Gasteiger partial charge in [-0.2, -0.15) is 23.1 Å². The van der Waals surface area contributed by atoms with Crippen molar-refractivity contribution in [3.05, 3.63) is 50.0 Å². The molecule has 3 N–H and O–H groups in total. The molecule has 3 rings (SSSR count). The zero-order valence-electron chi connectivity index (χ0n) is 11.7. The number of nitrogens with one attached hydrogen (secondary N) is 1. The molecule has 3 aromatic rings. The van der Waals surface area contributed by atoms with E-state index < -0.39 is 17.4 Å². The van der Waals surface area contributed by atoms with Gasteiger partial charge in [-0.05, 0) is 23.8 Å². The molecule has 0 fully saturated rings. The van der Waals surface area contributed by atoms with Gasteiger partial charge < -0.3 is 10.7 Å². The van der Waals surface area contributed by atoms with Crippen molar-refractivity contribution in [2.45, 2.75) is 12.7 Å². The molecule has 0 unspecified atom stereocenters. The molecule has 0 radical (unpaired) electrons. The summed E-state index contributed by atoms with van der Waals surface area (Å²) in [6.45, 7) is -0.242. The van der Waals surface area contributed by atoms with Crippen LogP contribution in [-0.4, -0.2) is 19.5 Å². The van der Waals surface area contributed by atoms with E-state index in [1.165, 1.54) is 0 Å². The fourth-order valence-corrected chi connectivity index (χ4v) is 2.60. The number of benzene rings is 1. The van der Waals surface area contributed by atoms with Crippen LogP contribution in [0.1, 0.15) is 11.1 Å². The van der Waals surface area contributed by atoms with Crippen LogP contribution in [0.5, 0.6) is 0 Å². The van der Waals surface area contributed by atoms with E-state index in [-0.39, 0.29) is 39.4 Å². The first-order valence-electron chi connectivity index (χ1n) is 6.44. The number of rotatable bonds is 2. The summed E-state index contributed by atoms with van der Waals surface area (Å²) in [5.41, 5.74) is 4.31. The Kier molecular flexibility index (Phi) is 3.92. The monoisotopic (exact) mass is 377 g/mol. The van der Waals surface area contributed by atoms with Crippen LogP contribution in [0.15, 0.2) is 23.0 Å². The fraction of sp³-hybridized carbons (Fsp3) is 0.154. The van der Waals surface area contributed by atoms with Crippen LogP contribution in [0.4, 0.5) is 19.1 Å². The molecule has 0 saturated heterocycles. The summed E-state index contributed by atoms with van der Waals surface area (Å²) in [5, 5.41) is 0.0147. The Morgan fingerprint density at radius 2 is 1.96 bits per heavy atom. The average Bonchev–Trinajstić information content (AvgIpc) is 2.77. The van der Waals surface area contributed by atoms with Crippen LogP contribution in [0.3, 0.4) is 0 Å². The summed E-state index contributed by atoms with van der Waals surface area (Å²) in [5.74, 6) is -0.171. The van der Waals surface area contributed by atoms with Crippen molar-refractivity contribution in [2.24, 2.45) is 0 Å². The zero-order chi connectivity index (χ0) is 17.6. The first-order valence-corrected chi connectivity index (χ1v) is 7.19. The quantitative estimate of drug-likeness (QED) is 0.671. The summed E-state index contributed by atoms with van der Waals surface area (Å²) in [7, 11) is 0. The SMILES string of the molecule is Nc1nc(Cl)c2[nH]c(=O)n(Cc3cc(C(F)(F)F)ccc3Cl)c2n1. The average molecular weight is 378 g/mol. The maximum absolute atomic E-state index is 12.8. The van der Waals surface area contributed by atoms with E-state index in [1.54, 1.807) is 0 Å². The van der Waals surface area contributed by atoms with Gasteiger partial charge in [0.1, 0.15) is 5.52 Å². The molecule has 0 aliphatic carbocycles. The normalized spacial score (nSPS) is 12.0. The first kappa shape index (κ1) is 16.6. The molecule has 0 aliphatic rings. The minimum atomic E-state index is -4.53. The Morgan fingerprint density at radius 3 is 2.62 bits per heavy atom. The summed E-state index contributed by atoms with van der Waals surface area (Å²) >= 11 is 11.8. The first-order chi connectivity index (χ1) is 11.2. The Bertz CT molecular complexity index is 996. The van der Waals surface area contributed by atoms with Gasteiger partial charge >= 0.3 is 11.9 Å². The third-order valence-electron chi connectivity index (χ3n) is 3.30. The number of nitrogen functional groups attached to an aromatic ring is 1. The van der Waals surface area contributed by atoms with Gasteiger partial charge in [0.25, 0.3) is 0 Å². The van der Waals surface area contributed by atoms with Gasteiger partial charge in [0.2, 0.25) is 5.95 Å². The number of aromatic nitrogens is 4. The Morgan fingerprint density at radius 1 is 1.25 bits per heavy atom. The highest BCUT2D eigenvalue weighted by molar-refractivity contribution is 6.33. The van der Waals surface area contributed by atoms with Crippen molar-refractivity contribution in [1.29, 1.82) is 0 Å². The predicted octanol–water partition coefficient (Wildman–Crippen LogP) is 3.08. The maximum atomic E-state index is 12.8. The van der Waals surface area contributed by atoms with E-state index in [0.29, 0.717) is 0 Å². The van der Waals surface area contributed by atoms with Crippen molar-refractivity contribution >= 4 is 40.3 Å². The van der Waals surface area contributed by atoms with Crippen LogP contribution in [0.2, 0.25) is 10.2 Å². The molecule has 126 valence electrons. The number of fused-ring (bicyclic) bond motifs is 1. The van der Waals surface area contributed by atoms with Crippen LogP contribution >= 0.6 is 23.2 Å². The van der Waals surface area contributed by atoms with Crippen LogP contribution in [-0.2, 0) is 12.7 Å². The third kappa shape index (κ3) is 2.92. The number of anilines is 1. The molecule has 0 saturated carbocycles. The highest BCUT2D eigenvalue weighted by Crippen LogP contribution is 2.32. The van der Waals surface area contributed by atoms with Crippen molar-refractivity contribution in [2.75, 3.05) is 5.73 Å². The smallest absolute Gasteiger partial charge is 0.368 e. The Labute approximate surface area is 142 Å². The fourth-order valence-electron chi connectivity index (χ4n) is 2.20. The number of halogens is 5. The molecular weight excluding hydrogens is 370 g/mol. The molecule has 0 amide bonds. The minimum absolute atomic E-state index is 0.0662. The van der Waals surface area contributed by atoms with Crippen LogP contribution < -0.4 is 11.4 Å². The number of nitrogens with two attached hydrogens (primary N) is 1. The van der Waals surface area contributed by atoms with Crippen LogP contribution in [0, 0.1) is 0 Å². The Hall–Kier alpha value is -2.26.